The van der Waals surface area contributed by atoms with E-state index in [1.54, 1.807) is 0 Å². The van der Waals surface area contributed by atoms with Gasteiger partial charge in [-0.25, -0.2) is 18.7 Å². The van der Waals surface area contributed by atoms with Gasteiger partial charge in [0.1, 0.15) is 17.5 Å². The van der Waals surface area contributed by atoms with Crippen molar-refractivity contribution in [1.29, 1.82) is 0 Å². The molecule has 3 saturated heterocycles. The molecule has 3 fully saturated rings. The van der Waals surface area contributed by atoms with Crippen molar-refractivity contribution in [2.45, 2.75) is 57.0 Å². The zero-order valence-corrected chi connectivity index (χ0v) is 18.5. The summed E-state index contributed by atoms with van der Waals surface area (Å²) in [7, 11) is 0. The molecule has 0 bridgehead atoms. The normalized spacial score (nSPS) is 23.0. The molecule has 2 aromatic heterocycles. The van der Waals surface area contributed by atoms with E-state index in [0.717, 1.165) is 64.3 Å². The fourth-order valence-corrected chi connectivity index (χ4v) is 5.07. The average Bonchev–Trinajstić information content (AvgIpc) is 3.19. The molecule has 5 rings (SSSR count). The largest absolute Gasteiger partial charge is 0.378 e. The summed E-state index contributed by atoms with van der Waals surface area (Å²) >= 11 is 0. The van der Waals surface area contributed by atoms with Crippen LogP contribution in [-0.4, -0.2) is 59.8 Å². The van der Waals surface area contributed by atoms with Gasteiger partial charge in [-0.2, -0.15) is 0 Å². The SMILES string of the molecule is CC1CCCN1c1cc(C2CCN(C3COC3)CC2)cc(Nc2cc(C(F)F)ccn2)n1. The first-order valence-corrected chi connectivity index (χ1v) is 11.7. The van der Waals surface area contributed by atoms with Crippen LogP contribution in [0.25, 0.3) is 0 Å². The molecule has 0 aromatic carbocycles. The van der Waals surface area contributed by atoms with Crippen LogP contribution in [0.2, 0.25) is 0 Å². The minimum atomic E-state index is -2.52. The lowest BCUT2D eigenvalue weighted by Crippen LogP contribution is -2.51. The number of piperidine rings is 1. The highest BCUT2D eigenvalue weighted by Gasteiger charge is 2.31. The smallest absolute Gasteiger partial charge is 0.264 e. The number of likely N-dealkylation sites (tertiary alicyclic amines) is 1. The summed E-state index contributed by atoms with van der Waals surface area (Å²) in [6.45, 7) is 7.11. The number of rotatable bonds is 6. The van der Waals surface area contributed by atoms with Crippen molar-refractivity contribution >= 4 is 17.5 Å². The highest BCUT2D eigenvalue weighted by Crippen LogP contribution is 2.35. The summed E-state index contributed by atoms with van der Waals surface area (Å²) in [5, 5.41) is 3.19. The zero-order valence-electron chi connectivity index (χ0n) is 18.5. The Morgan fingerprint density at radius 1 is 1.06 bits per heavy atom. The van der Waals surface area contributed by atoms with E-state index >= 15 is 0 Å². The van der Waals surface area contributed by atoms with Crippen LogP contribution in [0.3, 0.4) is 0 Å². The van der Waals surface area contributed by atoms with Gasteiger partial charge in [-0.3, -0.25) is 4.90 Å². The Hall–Kier alpha value is -2.32. The van der Waals surface area contributed by atoms with Crippen molar-refractivity contribution in [2.24, 2.45) is 0 Å². The Kier molecular flexibility index (Phi) is 6.24. The van der Waals surface area contributed by atoms with Crippen LogP contribution < -0.4 is 10.2 Å². The van der Waals surface area contributed by atoms with E-state index in [2.05, 4.69) is 39.2 Å². The maximum Gasteiger partial charge on any atom is 0.264 e. The van der Waals surface area contributed by atoms with Crippen molar-refractivity contribution in [2.75, 3.05) is 43.1 Å². The second kappa shape index (κ2) is 9.27. The molecule has 3 aliphatic rings. The van der Waals surface area contributed by atoms with Gasteiger partial charge in [-0.1, -0.05) is 0 Å². The standard InChI is InChI=1S/C24H31F2N5O/c1-16-3-2-8-31(16)23-13-19(17-5-9-30(10-6-17)20-14-32-15-20)12-22(29-23)28-21-11-18(24(25)26)4-7-27-21/h4,7,11-13,16-17,20,24H,2-3,5-6,8-10,14-15H2,1H3,(H,27,28,29). The lowest BCUT2D eigenvalue weighted by molar-refractivity contribution is -0.0712. The third-order valence-electron chi connectivity index (χ3n) is 7.11. The second-order valence-electron chi connectivity index (χ2n) is 9.23. The number of alkyl halides is 2. The van der Waals surface area contributed by atoms with Gasteiger partial charge in [0.15, 0.2) is 0 Å². The van der Waals surface area contributed by atoms with E-state index in [1.165, 1.54) is 23.9 Å². The third kappa shape index (κ3) is 4.57. The first-order chi connectivity index (χ1) is 15.6. The van der Waals surface area contributed by atoms with E-state index in [1.807, 2.05) is 0 Å². The zero-order chi connectivity index (χ0) is 22.1. The number of hydrogen-bond donors (Lipinski definition) is 1. The minimum absolute atomic E-state index is 0.0422. The number of anilines is 3. The molecule has 0 amide bonds. The van der Waals surface area contributed by atoms with Gasteiger partial charge in [0, 0.05) is 24.3 Å². The number of hydrogen-bond acceptors (Lipinski definition) is 6. The summed E-state index contributed by atoms with van der Waals surface area (Å²) in [5.41, 5.74) is 1.23. The Morgan fingerprint density at radius 2 is 1.88 bits per heavy atom. The quantitative estimate of drug-likeness (QED) is 0.697. The fraction of sp³-hybridized carbons (Fsp3) is 0.583. The molecule has 2 aromatic rings. The van der Waals surface area contributed by atoms with E-state index in [-0.39, 0.29) is 5.56 Å². The van der Waals surface area contributed by atoms with Crippen LogP contribution in [0.1, 0.15) is 56.1 Å². The molecule has 0 spiro atoms. The Morgan fingerprint density at radius 3 is 2.53 bits per heavy atom. The van der Waals surface area contributed by atoms with E-state index in [4.69, 9.17) is 9.72 Å². The monoisotopic (exact) mass is 443 g/mol. The second-order valence-corrected chi connectivity index (χ2v) is 9.23. The summed E-state index contributed by atoms with van der Waals surface area (Å²) in [6, 6.07) is 8.09. The number of pyridine rings is 2. The third-order valence-corrected chi connectivity index (χ3v) is 7.11. The van der Waals surface area contributed by atoms with E-state index in [0.29, 0.717) is 29.6 Å². The first-order valence-electron chi connectivity index (χ1n) is 11.7. The Labute approximate surface area is 188 Å². The fourth-order valence-electron chi connectivity index (χ4n) is 5.07. The summed E-state index contributed by atoms with van der Waals surface area (Å²) in [4.78, 5) is 14.0. The van der Waals surface area contributed by atoms with Gasteiger partial charge < -0.3 is 15.0 Å². The van der Waals surface area contributed by atoms with Crippen molar-refractivity contribution in [3.05, 3.63) is 41.6 Å². The van der Waals surface area contributed by atoms with Crippen LogP contribution >= 0.6 is 0 Å². The van der Waals surface area contributed by atoms with Crippen LogP contribution in [0.5, 0.6) is 0 Å². The molecule has 0 saturated carbocycles. The number of nitrogens with zero attached hydrogens (tertiary/aromatic N) is 4. The Balaban J connectivity index is 1.39. The molecular weight excluding hydrogens is 412 g/mol. The molecule has 1 N–H and O–H groups in total. The molecule has 0 aliphatic carbocycles. The lowest BCUT2D eigenvalue weighted by atomic mass is 9.89. The van der Waals surface area contributed by atoms with E-state index in [9.17, 15) is 8.78 Å². The van der Waals surface area contributed by atoms with Gasteiger partial charge in [0.2, 0.25) is 0 Å². The molecule has 32 heavy (non-hydrogen) atoms. The number of ether oxygens (including phenoxy) is 1. The first kappa shape index (κ1) is 21.5. The number of aromatic nitrogens is 2. The molecule has 172 valence electrons. The lowest BCUT2D eigenvalue weighted by Gasteiger charge is -2.41. The predicted octanol–water partition coefficient (Wildman–Crippen LogP) is 4.72. The van der Waals surface area contributed by atoms with Crippen molar-refractivity contribution < 1.29 is 13.5 Å². The summed E-state index contributed by atoms with van der Waals surface area (Å²) in [6.07, 6.45) is 3.42. The number of nitrogens with one attached hydrogen (secondary N) is 1. The minimum Gasteiger partial charge on any atom is -0.378 e. The van der Waals surface area contributed by atoms with Gasteiger partial charge in [-0.05, 0) is 81.4 Å². The summed E-state index contributed by atoms with van der Waals surface area (Å²) < 4.78 is 31.6. The van der Waals surface area contributed by atoms with Crippen LogP contribution in [0.15, 0.2) is 30.5 Å². The molecule has 1 unspecified atom stereocenters. The highest BCUT2D eigenvalue weighted by atomic mass is 19.3. The average molecular weight is 444 g/mol. The van der Waals surface area contributed by atoms with Crippen molar-refractivity contribution in [1.82, 2.24) is 14.9 Å². The maximum atomic E-state index is 13.1. The molecule has 6 nitrogen and oxygen atoms in total. The summed E-state index contributed by atoms with van der Waals surface area (Å²) in [5.74, 6) is 2.50. The molecule has 5 heterocycles. The maximum absolute atomic E-state index is 13.1. The highest BCUT2D eigenvalue weighted by molar-refractivity contribution is 5.58. The molecule has 3 aliphatic heterocycles. The van der Waals surface area contributed by atoms with Crippen molar-refractivity contribution in [3.8, 4) is 0 Å². The van der Waals surface area contributed by atoms with Crippen molar-refractivity contribution in [3.63, 3.8) is 0 Å². The molecule has 0 radical (unpaired) electrons. The van der Waals surface area contributed by atoms with Gasteiger partial charge in [0.05, 0.1) is 19.3 Å². The van der Waals surface area contributed by atoms with Gasteiger partial charge in [0.25, 0.3) is 6.43 Å². The molecule has 8 heteroatoms. The topological polar surface area (TPSA) is 53.5 Å². The van der Waals surface area contributed by atoms with Crippen LogP contribution in [0.4, 0.5) is 26.2 Å². The van der Waals surface area contributed by atoms with E-state index < -0.39 is 6.43 Å². The Bertz CT molecular complexity index is 930. The number of halogens is 2. The molecular formula is C24H31F2N5O. The van der Waals surface area contributed by atoms with Gasteiger partial charge in [-0.15, -0.1) is 0 Å². The van der Waals surface area contributed by atoms with Crippen LogP contribution in [-0.2, 0) is 4.74 Å². The molecule has 1 atom stereocenters. The van der Waals surface area contributed by atoms with Gasteiger partial charge >= 0.3 is 0 Å². The predicted molar refractivity (Wildman–Crippen MR) is 121 cm³/mol. The van der Waals surface area contributed by atoms with Crippen LogP contribution in [0, 0.1) is 0 Å².